The molecule has 0 heterocycles. The van der Waals surface area contributed by atoms with Crippen LogP contribution in [0.4, 0.5) is 4.39 Å². The molecule has 0 aliphatic heterocycles. The first-order chi connectivity index (χ1) is 13.1. The zero-order valence-corrected chi connectivity index (χ0v) is 18.8. The monoisotopic (exact) mass is 516 g/mol. The highest BCUT2D eigenvalue weighted by atomic mass is 127. The van der Waals surface area contributed by atoms with Crippen LogP contribution in [0.2, 0.25) is 5.02 Å². The number of nitrogens with one attached hydrogen (secondary N) is 2. The molecule has 28 heavy (non-hydrogen) atoms. The van der Waals surface area contributed by atoms with Gasteiger partial charge in [0.2, 0.25) is 0 Å². The Morgan fingerprint density at radius 3 is 2.64 bits per heavy atom. The molecule has 2 N–H and O–H groups in total. The summed E-state index contributed by atoms with van der Waals surface area (Å²) in [6.07, 6.45) is 0.700. The van der Waals surface area contributed by atoms with E-state index in [2.05, 4.69) is 15.6 Å². The Bertz CT molecular complexity index is 855. The molecule has 0 aromatic heterocycles. The summed E-state index contributed by atoms with van der Waals surface area (Å²) in [6.45, 7) is 3.38. The number of nitrogens with zero attached hydrogens (tertiary/aromatic N) is 2. The quantitative estimate of drug-likeness (QED) is 0.328. The zero-order chi connectivity index (χ0) is 19.6. The van der Waals surface area contributed by atoms with E-state index in [9.17, 15) is 4.39 Å². The van der Waals surface area contributed by atoms with Crippen molar-refractivity contribution in [3.63, 3.8) is 0 Å². The maximum Gasteiger partial charge on any atom is 0.191 e. The van der Waals surface area contributed by atoms with E-state index >= 15 is 0 Å². The minimum Gasteiger partial charge on any atom is -0.497 e. The molecular weight excluding hydrogens is 494 g/mol. The standard InChI is InChI=1S/C20H22ClFN4O.HI/c1-3-24-20(26-13-16-10-14(12-23)4-7-19(16)22)25-9-8-15-5-6-17(27-2)11-18(15)21;/h4-7,10-11H,3,8-9,13H2,1-2H3,(H2,24,25,26);1H. The van der Waals surface area contributed by atoms with Crippen LogP contribution in [0.3, 0.4) is 0 Å². The van der Waals surface area contributed by atoms with Crippen molar-refractivity contribution in [3.05, 3.63) is 63.9 Å². The summed E-state index contributed by atoms with van der Waals surface area (Å²) in [6, 6.07) is 11.8. The highest BCUT2D eigenvalue weighted by molar-refractivity contribution is 14.0. The molecule has 0 atom stereocenters. The van der Waals surface area contributed by atoms with Gasteiger partial charge in [-0.25, -0.2) is 9.38 Å². The van der Waals surface area contributed by atoms with Crippen LogP contribution in [0, 0.1) is 17.1 Å². The third kappa shape index (κ3) is 7.17. The molecule has 0 aliphatic rings. The van der Waals surface area contributed by atoms with Crippen LogP contribution in [-0.2, 0) is 13.0 Å². The number of ether oxygens (including phenoxy) is 1. The molecule has 0 aliphatic carbocycles. The van der Waals surface area contributed by atoms with E-state index in [0.717, 1.165) is 5.56 Å². The number of benzene rings is 2. The fraction of sp³-hybridized carbons (Fsp3) is 0.300. The molecule has 0 spiro atoms. The first-order valence-electron chi connectivity index (χ1n) is 8.60. The largest absolute Gasteiger partial charge is 0.497 e. The van der Waals surface area contributed by atoms with Gasteiger partial charge < -0.3 is 15.4 Å². The van der Waals surface area contributed by atoms with Gasteiger partial charge in [0.15, 0.2) is 5.96 Å². The van der Waals surface area contributed by atoms with E-state index < -0.39 is 0 Å². The van der Waals surface area contributed by atoms with Crippen LogP contribution >= 0.6 is 35.6 Å². The highest BCUT2D eigenvalue weighted by Crippen LogP contribution is 2.22. The lowest BCUT2D eigenvalue weighted by molar-refractivity contribution is 0.414. The average molecular weight is 517 g/mol. The van der Waals surface area contributed by atoms with E-state index in [1.165, 1.54) is 18.2 Å². The lowest BCUT2D eigenvalue weighted by atomic mass is 10.1. The third-order valence-corrected chi connectivity index (χ3v) is 4.23. The van der Waals surface area contributed by atoms with Gasteiger partial charge in [-0.15, -0.1) is 24.0 Å². The lowest BCUT2D eigenvalue weighted by Gasteiger charge is -2.12. The van der Waals surface area contributed by atoms with Gasteiger partial charge in [-0.2, -0.15) is 5.26 Å². The molecular formula is C20H23ClFIN4O. The SMILES string of the molecule is CCNC(=NCc1cc(C#N)ccc1F)NCCc1ccc(OC)cc1Cl.I. The molecule has 0 unspecified atom stereocenters. The van der Waals surface area contributed by atoms with Gasteiger partial charge in [0.25, 0.3) is 0 Å². The number of aliphatic imine (C=N–C) groups is 1. The molecule has 0 saturated carbocycles. The van der Waals surface area contributed by atoms with Crippen LogP contribution in [0.1, 0.15) is 23.6 Å². The Labute approximate surface area is 187 Å². The van der Waals surface area contributed by atoms with E-state index in [0.29, 0.717) is 47.4 Å². The van der Waals surface area contributed by atoms with E-state index in [4.69, 9.17) is 21.6 Å². The molecule has 0 saturated heterocycles. The molecule has 0 fully saturated rings. The second-order valence-corrected chi connectivity index (χ2v) is 6.15. The second-order valence-electron chi connectivity index (χ2n) is 5.75. The first kappa shape index (κ1) is 24.0. The molecule has 2 rings (SSSR count). The van der Waals surface area contributed by atoms with Crippen LogP contribution in [0.25, 0.3) is 0 Å². The van der Waals surface area contributed by atoms with Gasteiger partial charge in [-0.1, -0.05) is 17.7 Å². The molecule has 0 amide bonds. The van der Waals surface area contributed by atoms with Crippen LogP contribution < -0.4 is 15.4 Å². The van der Waals surface area contributed by atoms with Crippen molar-refractivity contribution in [1.29, 1.82) is 5.26 Å². The summed E-state index contributed by atoms with van der Waals surface area (Å²) in [5, 5.41) is 15.9. The van der Waals surface area contributed by atoms with E-state index in [1.54, 1.807) is 13.2 Å². The van der Waals surface area contributed by atoms with Crippen molar-refractivity contribution in [3.8, 4) is 11.8 Å². The number of hydrogen-bond donors (Lipinski definition) is 2. The van der Waals surface area contributed by atoms with Gasteiger partial charge in [0, 0.05) is 23.7 Å². The van der Waals surface area contributed by atoms with Gasteiger partial charge in [-0.3, -0.25) is 0 Å². The second kappa shape index (κ2) is 12.4. The molecule has 0 bridgehead atoms. The molecule has 0 radical (unpaired) electrons. The zero-order valence-electron chi connectivity index (χ0n) is 15.8. The Balaban J connectivity index is 0.00000392. The normalized spacial score (nSPS) is 10.6. The number of guanidine groups is 1. The van der Waals surface area contributed by atoms with E-state index in [-0.39, 0.29) is 36.3 Å². The predicted molar refractivity (Wildman–Crippen MR) is 121 cm³/mol. The number of rotatable bonds is 7. The van der Waals surface area contributed by atoms with Crippen LogP contribution in [0.5, 0.6) is 5.75 Å². The highest BCUT2D eigenvalue weighted by Gasteiger charge is 2.06. The lowest BCUT2D eigenvalue weighted by Crippen LogP contribution is -2.38. The maximum atomic E-state index is 13.9. The maximum absolute atomic E-state index is 13.9. The summed E-state index contributed by atoms with van der Waals surface area (Å²) >= 11 is 6.25. The van der Waals surface area contributed by atoms with Gasteiger partial charge >= 0.3 is 0 Å². The Morgan fingerprint density at radius 1 is 1.21 bits per heavy atom. The summed E-state index contributed by atoms with van der Waals surface area (Å²) < 4.78 is 19.0. The number of nitriles is 1. The third-order valence-electron chi connectivity index (χ3n) is 3.87. The Kier molecular flexibility index (Phi) is 10.6. The summed E-state index contributed by atoms with van der Waals surface area (Å²) in [4.78, 5) is 4.39. The van der Waals surface area contributed by atoms with Crippen molar-refractivity contribution < 1.29 is 9.13 Å². The molecule has 8 heteroatoms. The minimum absolute atomic E-state index is 0. The van der Waals surface area contributed by atoms with Crippen molar-refractivity contribution in [2.24, 2.45) is 4.99 Å². The molecule has 5 nitrogen and oxygen atoms in total. The summed E-state index contributed by atoms with van der Waals surface area (Å²) in [5.74, 6) is 0.913. The number of hydrogen-bond acceptors (Lipinski definition) is 3. The molecule has 2 aromatic rings. The Hall–Kier alpha value is -2.05. The van der Waals surface area contributed by atoms with Gasteiger partial charge in [0.1, 0.15) is 11.6 Å². The average Bonchev–Trinajstić information content (AvgIpc) is 2.68. The first-order valence-corrected chi connectivity index (χ1v) is 8.98. The van der Waals surface area contributed by atoms with Gasteiger partial charge in [0.05, 0.1) is 25.3 Å². The summed E-state index contributed by atoms with van der Waals surface area (Å²) in [5.41, 5.74) is 1.78. The fourth-order valence-electron chi connectivity index (χ4n) is 2.44. The molecule has 150 valence electrons. The van der Waals surface area contributed by atoms with Crippen molar-refractivity contribution in [1.82, 2.24) is 10.6 Å². The molecule has 2 aromatic carbocycles. The van der Waals surface area contributed by atoms with Crippen LogP contribution in [0.15, 0.2) is 41.4 Å². The van der Waals surface area contributed by atoms with Crippen molar-refractivity contribution in [2.45, 2.75) is 19.9 Å². The van der Waals surface area contributed by atoms with Crippen molar-refractivity contribution >= 4 is 41.5 Å². The van der Waals surface area contributed by atoms with Crippen LogP contribution in [-0.4, -0.2) is 26.2 Å². The predicted octanol–water partition coefficient (Wildman–Crippen LogP) is 4.28. The minimum atomic E-state index is -0.376. The van der Waals surface area contributed by atoms with Gasteiger partial charge in [-0.05, 0) is 49.2 Å². The topological polar surface area (TPSA) is 69.4 Å². The van der Waals surface area contributed by atoms with Crippen molar-refractivity contribution in [2.75, 3.05) is 20.2 Å². The number of methoxy groups -OCH3 is 1. The summed E-state index contributed by atoms with van der Waals surface area (Å²) in [7, 11) is 1.60. The number of halogens is 3. The van der Waals surface area contributed by atoms with E-state index in [1.807, 2.05) is 25.1 Å². The smallest absolute Gasteiger partial charge is 0.191 e. The Morgan fingerprint density at radius 2 is 2.00 bits per heavy atom. The fourth-order valence-corrected chi connectivity index (χ4v) is 2.71.